The van der Waals surface area contributed by atoms with Crippen molar-refractivity contribution in [2.75, 3.05) is 13.1 Å². The third kappa shape index (κ3) is 1.62. The van der Waals surface area contributed by atoms with Gasteiger partial charge in [0.25, 0.3) is 0 Å². The summed E-state index contributed by atoms with van der Waals surface area (Å²) in [6.45, 7) is 1.12. The normalized spacial score (nSPS) is 23.0. The molecule has 0 spiro atoms. The highest BCUT2D eigenvalue weighted by molar-refractivity contribution is 4.66. The number of likely N-dealkylation sites (tertiary alicyclic amines) is 1. The highest BCUT2D eigenvalue weighted by Crippen LogP contribution is 2.13. The van der Waals surface area contributed by atoms with Gasteiger partial charge in [0.2, 0.25) is 0 Å². The molecule has 0 bridgehead atoms. The smallest absolute Gasteiger partial charge is 0.330 e. The summed E-state index contributed by atoms with van der Waals surface area (Å²) in [6, 6.07) is 0. The van der Waals surface area contributed by atoms with Gasteiger partial charge in [-0.15, -0.1) is 0 Å². The maximum Gasteiger partial charge on any atom is 0.345 e. The minimum absolute atomic E-state index is 0.559. The van der Waals surface area contributed by atoms with Gasteiger partial charge >= 0.3 is 6.10 Å². The molecule has 0 amide bonds. The quantitative estimate of drug-likeness (QED) is 0.388. The molecule has 1 fully saturated rings. The van der Waals surface area contributed by atoms with Crippen LogP contribution in [0.1, 0.15) is 12.8 Å². The Balaban J connectivity index is 2.42. The minimum atomic E-state index is -2.59. The molecule has 9 heavy (non-hydrogen) atoms. The molecule has 4 nitrogen and oxygen atoms in total. The summed E-state index contributed by atoms with van der Waals surface area (Å²) in [5.41, 5.74) is 0. The van der Waals surface area contributed by atoms with E-state index in [0.717, 1.165) is 12.8 Å². The topological polar surface area (TPSA) is 63.9 Å². The van der Waals surface area contributed by atoms with Gasteiger partial charge in [0.05, 0.1) is 0 Å². The first kappa shape index (κ1) is 6.95. The maximum atomic E-state index is 8.55. The summed E-state index contributed by atoms with van der Waals surface area (Å²) in [7, 11) is 0. The van der Waals surface area contributed by atoms with Crippen LogP contribution < -0.4 is 0 Å². The Labute approximate surface area is 53.3 Å². The SMILES string of the molecule is OC(O)(O)N1CCCC1. The van der Waals surface area contributed by atoms with Gasteiger partial charge in [-0.05, 0) is 12.8 Å². The summed E-state index contributed by atoms with van der Waals surface area (Å²) in [4.78, 5) is 1.22. The van der Waals surface area contributed by atoms with Gasteiger partial charge in [0.1, 0.15) is 0 Å². The molecule has 54 valence electrons. The number of aliphatic hydroxyl groups is 3. The second-order valence-electron chi connectivity index (χ2n) is 2.29. The lowest BCUT2D eigenvalue weighted by molar-refractivity contribution is -0.389. The van der Waals surface area contributed by atoms with Gasteiger partial charge in [-0.1, -0.05) is 0 Å². The highest BCUT2D eigenvalue weighted by atomic mass is 16.7. The summed E-state index contributed by atoms with van der Waals surface area (Å²) in [5.74, 6) is 0. The average Bonchev–Trinajstić information content (AvgIpc) is 2.08. The molecule has 0 aliphatic carbocycles. The van der Waals surface area contributed by atoms with E-state index in [2.05, 4.69) is 0 Å². The number of hydrogen-bond donors (Lipinski definition) is 3. The maximum absolute atomic E-state index is 8.55. The Morgan fingerprint density at radius 1 is 1.00 bits per heavy atom. The zero-order chi connectivity index (χ0) is 6.91. The molecule has 1 saturated heterocycles. The Bertz CT molecular complexity index is 92.9. The molecule has 3 N–H and O–H groups in total. The molecular formula is C5H11NO3. The summed E-state index contributed by atoms with van der Waals surface area (Å²) >= 11 is 0. The molecule has 0 radical (unpaired) electrons. The molecule has 1 aliphatic heterocycles. The van der Waals surface area contributed by atoms with E-state index in [-0.39, 0.29) is 0 Å². The van der Waals surface area contributed by atoms with Crippen molar-refractivity contribution < 1.29 is 15.3 Å². The highest BCUT2D eigenvalue weighted by Gasteiger charge is 2.30. The Morgan fingerprint density at radius 2 is 1.44 bits per heavy atom. The average molecular weight is 133 g/mol. The lowest BCUT2D eigenvalue weighted by atomic mass is 10.4. The van der Waals surface area contributed by atoms with Crippen LogP contribution in [0.4, 0.5) is 0 Å². The van der Waals surface area contributed by atoms with Gasteiger partial charge in [-0.25, -0.2) is 4.90 Å². The van der Waals surface area contributed by atoms with Crippen molar-refractivity contribution in [1.82, 2.24) is 4.90 Å². The van der Waals surface area contributed by atoms with Crippen molar-refractivity contribution in [3.05, 3.63) is 0 Å². The van der Waals surface area contributed by atoms with E-state index in [9.17, 15) is 0 Å². The molecule has 4 heteroatoms. The number of rotatable bonds is 1. The Hall–Kier alpha value is -0.160. The van der Waals surface area contributed by atoms with Crippen LogP contribution in [0, 0.1) is 0 Å². The van der Waals surface area contributed by atoms with Crippen LogP contribution in [0.15, 0.2) is 0 Å². The standard InChI is InChI=1S/C5H11NO3/c7-5(8,9)6-3-1-2-4-6/h7-9H,1-4H2. The molecule has 1 rings (SSSR count). The number of nitrogens with zero attached hydrogens (tertiary/aromatic N) is 1. The molecule has 0 aromatic heterocycles. The third-order valence-corrected chi connectivity index (χ3v) is 1.53. The Morgan fingerprint density at radius 3 is 1.67 bits per heavy atom. The zero-order valence-electron chi connectivity index (χ0n) is 5.12. The van der Waals surface area contributed by atoms with E-state index in [1.807, 2.05) is 0 Å². The van der Waals surface area contributed by atoms with Gasteiger partial charge < -0.3 is 15.3 Å². The molecule has 1 aliphatic rings. The van der Waals surface area contributed by atoms with Crippen molar-refractivity contribution in [2.45, 2.75) is 18.9 Å². The molecular weight excluding hydrogens is 122 g/mol. The van der Waals surface area contributed by atoms with Gasteiger partial charge in [0, 0.05) is 13.1 Å². The van der Waals surface area contributed by atoms with Gasteiger partial charge in [0.15, 0.2) is 0 Å². The largest absolute Gasteiger partial charge is 0.345 e. The predicted octanol–water partition coefficient (Wildman–Crippen LogP) is -1.33. The molecule has 0 saturated carbocycles. The Kier molecular flexibility index (Phi) is 1.72. The fourth-order valence-corrected chi connectivity index (χ4v) is 1.02. The molecule has 0 aromatic carbocycles. The third-order valence-electron chi connectivity index (χ3n) is 1.53. The summed E-state index contributed by atoms with van der Waals surface area (Å²) in [5, 5.41) is 25.7. The predicted molar refractivity (Wildman–Crippen MR) is 30.2 cm³/mol. The van der Waals surface area contributed by atoms with Crippen molar-refractivity contribution in [1.29, 1.82) is 0 Å². The van der Waals surface area contributed by atoms with E-state index >= 15 is 0 Å². The van der Waals surface area contributed by atoms with E-state index in [1.165, 1.54) is 4.90 Å². The molecule has 1 heterocycles. The van der Waals surface area contributed by atoms with Crippen molar-refractivity contribution in [2.24, 2.45) is 0 Å². The van der Waals surface area contributed by atoms with E-state index < -0.39 is 6.10 Å². The van der Waals surface area contributed by atoms with E-state index in [4.69, 9.17) is 15.3 Å². The lowest BCUT2D eigenvalue weighted by Gasteiger charge is -2.24. The first-order chi connectivity index (χ1) is 4.11. The van der Waals surface area contributed by atoms with Gasteiger partial charge in [-0.3, -0.25) is 0 Å². The van der Waals surface area contributed by atoms with Crippen molar-refractivity contribution in [3.63, 3.8) is 0 Å². The monoisotopic (exact) mass is 133 g/mol. The molecule has 0 aromatic rings. The minimum Gasteiger partial charge on any atom is -0.330 e. The first-order valence-corrected chi connectivity index (χ1v) is 3.03. The van der Waals surface area contributed by atoms with Crippen LogP contribution in [-0.2, 0) is 0 Å². The lowest BCUT2D eigenvalue weighted by Crippen LogP contribution is -2.46. The van der Waals surface area contributed by atoms with Crippen molar-refractivity contribution in [3.8, 4) is 0 Å². The van der Waals surface area contributed by atoms with Crippen LogP contribution in [0.2, 0.25) is 0 Å². The second kappa shape index (κ2) is 2.22. The fraction of sp³-hybridized carbons (Fsp3) is 1.00. The van der Waals surface area contributed by atoms with Crippen LogP contribution >= 0.6 is 0 Å². The fourth-order valence-electron chi connectivity index (χ4n) is 1.02. The summed E-state index contributed by atoms with van der Waals surface area (Å²) in [6.07, 6.45) is -0.747. The van der Waals surface area contributed by atoms with E-state index in [0.29, 0.717) is 13.1 Å². The molecule has 0 unspecified atom stereocenters. The zero-order valence-corrected chi connectivity index (χ0v) is 5.12. The van der Waals surface area contributed by atoms with E-state index in [1.54, 1.807) is 0 Å². The number of hydrogen-bond acceptors (Lipinski definition) is 4. The first-order valence-electron chi connectivity index (χ1n) is 3.03. The summed E-state index contributed by atoms with van der Waals surface area (Å²) < 4.78 is 0. The molecule has 0 atom stereocenters. The van der Waals surface area contributed by atoms with Crippen LogP contribution in [0.3, 0.4) is 0 Å². The van der Waals surface area contributed by atoms with Crippen LogP contribution in [0.25, 0.3) is 0 Å². The second-order valence-corrected chi connectivity index (χ2v) is 2.29. The van der Waals surface area contributed by atoms with Crippen molar-refractivity contribution >= 4 is 0 Å². The van der Waals surface area contributed by atoms with Crippen LogP contribution in [-0.4, -0.2) is 39.4 Å². The van der Waals surface area contributed by atoms with Gasteiger partial charge in [-0.2, -0.15) is 0 Å². The van der Waals surface area contributed by atoms with Crippen LogP contribution in [0.5, 0.6) is 0 Å².